The van der Waals surface area contributed by atoms with Crippen molar-refractivity contribution in [2.75, 3.05) is 12.4 Å². The smallest absolute Gasteiger partial charge is 0.274 e. The Morgan fingerprint density at radius 1 is 1.04 bits per heavy atom. The van der Waals surface area contributed by atoms with E-state index in [1.54, 1.807) is 7.11 Å². The Kier molecular flexibility index (Phi) is 5.31. The minimum absolute atomic E-state index is 0.246. The van der Waals surface area contributed by atoms with E-state index < -0.39 is 0 Å². The summed E-state index contributed by atoms with van der Waals surface area (Å²) in [5.41, 5.74) is 3.23. The summed E-state index contributed by atoms with van der Waals surface area (Å²) < 4.78 is 5.12. The molecular weight excluding hydrogens is 328 g/mol. The maximum atomic E-state index is 12.3. The molecule has 0 aliphatic rings. The molecule has 134 valence electrons. The zero-order valence-electron chi connectivity index (χ0n) is 15.1. The minimum atomic E-state index is -0.246. The van der Waals surface area contributed by atoms with Crippen molar-refractivity contribution in [1.29, 1.82) is 0 Å². The van der Waals surface area contributed by atoms with Crippen molar-refractivity contribution >= 4 is 11.6 Å². The highest BCUT2D eigenvalue weighted by Gasteiger charge is 2.07. The second-order valence-electron chi connectivity index (χ2n) is 6.38. The molecule has 1 aromatic heterocycles. The van der Waals surface area contributed by atoms with Crippen LogP contribution >= 0.6 is 0 Å². The van der Waals surface area contributed by atoms with Crippen LogP contribution in [0.3, 0.4) is 0 Å². The van der Waals surface area contributed by atoms with E-state index in [0.717, 1.165) is 17.0 Å². The van der Waals surface area contributed by atoms with Crippen LogP contribution in [0.5, 0.6) is 5.75 Å². The van der Waals surface area contributed by atoms with Crippen molar-refractivity contribution in [1.82, 2.24) is 15.2 Å². The third-order valence-corrected chi connectivity index (χ3v) is 4.14. The van der Waals surface area contributed by atoms with Gasteiger partial charge < -0.3 is 10.1 Å². The van der Waals surface area contributed by atoms with Crippen LogP contribution in [0.1, 0.15) is 36.6 Å². The average molecular weight is 350 g/mol. The van der Waals surface area contributed by atoms with E-state index in [1.165, 1.54) is 5.56 Å². The minimum Gasteiger partial charge on any atom is -0.497 e. The van der Waals surface area contributed by atoms with E-state index in [1.807, 2.05) is 36.4 Å². The second-order valence-corrected chi connectivity index (χ2v) is 6.38. The Hall–Kier alpha value is -3.15. The molecule has 0 bridgehead atoms. The van der Waals surface area contributed by atoms with Gasteiger partial charge in [0.25, 0.3) is 5.56 Å². The summed E-state index contributed by atoms with van der Waals surface area (Å²) in [6, 6.07) is 15.5. The molecule has 2 aromatic carbocycles. The standard InChI is InChI=1S/C20H22N4O2/c1-13(2)15-6-4-14(5-7-15)12-18-19(25)22-20(24-23-18)21-16-8-10-17(26-3)11-9-16/h4-11,13H,12H2,1-3H3,(H2,21,22,24,25). The lowest BCUT2D eigenvalue weighted by molar-refractivity contribution is 0.415. The highest BCUT2D eigenvalue weighted by atomic mass is 16.5. The van der Waals surface area contributed by atoms with Gasteiger partial charge in [0.1, 0.15) is 11.4 Å². The van der Waals surface area contributed by atoms with Crippen LogP contribution in [0, 0.1) is 0 Å². The number of hydrogen-bond acceptors (Lipinski definition) is 5. The molecule has 0 radical (unpaired) electrons. The first-order chi connectivity index (χ1) is 12.5. The third kappa shape index (κ3) is 4.27. The molecule has 0 aliphatic carbocycles. The normalized spacial score (nSPS) is 10.8. The number of methoxy groups -OCH3 is 1. The number of H-pyrrole nitrogens is 1. The number of rotatable bonds is 6. The number of ether oxygens (including phenoxy) is 1. The van der Waals surface area contributed by atoms with E-state index >= 15 is 0 Å². The highest BCUT2D eigenvalue weighted by Crippen LogP contribution is 2.17. The first-order valence-electron chi connectivity index (χ1n) is 8.51. The van der Waals surface area contributed by atoms with Gasteiger partial charge >= 0.3 is 0 Å². The quantitative estimate of drug-likeness (QED) is 0.709. The summed E-state index contributed by atoms with van der Waals surface area (Å²) in [4.78, 5) is 15.0. The first-order valence-corrected chi connectivity index (χ1v) is 8.51. The predicted octanol–water partition coefficient (Wildman–Crippen LogP) is 3.63. The van der Waals surface area contributed by atoms with E-state index in [4.69, 9.17) is 4.74 Å². The maximum Gasteiger partial charge on any atom is 0.274 e. The first kappa shape index (κ1) is 17.7. The van der Waals surface area contributed by atoms with E-state index in [-0.39, 0.29) is 5.56 Å². The summed E-state index contributed by atoms with van der Waals surface area (Å²) in [7, 11) is 1.61. The van der Waals surface area contributed by atoms with Crippen LogP contribution in [0.2, 0.25) is 0 Å². The molecule has 0 spiro atoms. The number of anilines is 2. The summed E-state index contributed by atoms with van der Waals surface area (Å²) >= 11 is 0. The molecule has 3 rings (SSSR count). The van der Waals surface area contributed by atoms with Crippen molar-refractivity contribution in [2.24, 2.45) is 0 Å². The van der Waals surface area contributed by atoms with Crippen molar-refractivity contribution < 1.29 is 4.74 Å². The van der Waals surface area contributed by atoms with Gasteiger partial charge in [-0.05, 0) is 41.3 Å². The van der Waals surface area contributed by atoms with Gasteiger partial charge in [-0.15, -0.1) is 10.2 Å². The predicted molar refractivity (Wildman–Crippen MR) is 102 cm³/mol. The number of hydrogen-bond donors (Lipinski definition) is 2. The van der Waals surface area contributed by atoms with Crippen LogP contribution in [0.25, 0.3) is 0 Å². The molecule has 3 aromatic rings. The van der Waals surface area contributed by atoms with Crippen molar-refractivity contribution in [3.8, 4) is 5.75 Å². The zero-order valence-corrected chi connectivity index (χ0v) is 15.1. The Balaban J connectivity index is 1.71. The van der Waals surface area contributed by atoms with Crippen molar-refractivity contribution in [3.05, 3.63) is 75.7 Å². The Bertz CT molecular complexity index is 916. The van der Waals surface area contributed by atoms with E-state index in [9.17, 15) is 4.79 Å². The molecule has 6 heteroatoms. The fraction of sp³-hybridized carbons (Fsp3) is 0.250. The molecule has 0 unspecified atom stereocenters. The SMILES string of the molecule is COc1ccc(Nc2nnc(Cc3ccc(C(C)C)cc3)c(=O)[nH]2)cc1. The van der Waals surface area contributed by atoms with Gasteiger partial charge in [0, 0.05) is 12.1 Å². The fourth-order valence-corrected chi connectivity index (χ4v) is 2.56. The molecule has 6 nitrogen and oxygen atoms in total. The lowest BCUT2D eigenvalue weighted by atomic mass is 10.0. The van der Waals surface area contributed by atoms with Crippen LogP contribution < -0.4 is 15.6 Å². The van der Waals surface area contributed by atoms with Crippen LogP contribution in [0.4, 0.5) is 11.6 Å². The summed E-state index contributed by atoms with van der Waals surface area (Å²) in [6.07, 6.45) is 0.448. The molecule has 0 amide bonds. The lowest BCUT2D eigenvalue weighted by Crippen LogP contribution is -2.18. The second kappa shape index (κ2) is 7.82. The molecule has 0 fully saturated rings. The average Bonchev–Trinajstić information content (AvgIpc) is 2.65. The monoisotopic (exact) mass is 350 g/mol. The Morgan fingerprint density at radius 2 is 1.73 bits per heavy atom. The number of aromatic amines is 1. The zero-order chi connectivity index (χ0) is 18.5. The summed E-state index contributed by atoms with van der Waals surface area (Å²) in [5, 5.41) is 11.2. The molecule has 2 N–H and O–H groups in total. The van der Waals surface area contributed by atoms with E-state index in [2.05, 4.69) is 46.5 Å². The highest BCUT2D eigenvalue weighted by molar-refractivity contribution is 5.54. The lowest BCUT2D eigenvalue weighted by Gasteiger charge is -2.08. The van der Waals surface area contributed by atoms with Crippen LogP contribution in [-0.2, 0) is 6.42 Å². The Morgan fingerprint density at radius 3 is 2.31 bits per heavy atom. The number of nitrogens with one attached hydrogen (secondary N) is 2. The number of nitrogens with zero attached hydrogens (tertiary/aromatic N) is 2. The Labute approximate surface area is 152 Å². The van der Waals surface area contributed by atoms with Gasteiger partial charge in [0.2, 0.25) is 5.95 Å². The molecule has 0 saturated heterocycles. The largest absolute Gasteiger partial charge is 0.497 e. The molecule has 1 heterocycles. The van der Waals surface area contributed by atoms with Gasteiger partial charge in [0.15, 0.2) is 0 Å². The van der Waals surface area contributed by atoms with Gasteiger partial charge in [-0.2, -0.15) is 0 Å². The third-order valence-electron chi connectivity index (χ3n) is 4.14. The maximum absolute atomic E-state index is 12.3. The molecule has 0 saturated carbocycles. The van der Waals surface area contributed by atoms with Gasteiger partial charge in [-0.1, -0.05) is 38.1 Å². The number of benzene rings is 2. The fourth-order valence-electron chi connectivity index (χ4n) is 2.56. The van der Waals surface area contributed by atoms with Gasteiger partial charge in [0.05, 0.1) is 7.11 Å². The topological polar surface area (TPSA) is 79.9 Å². The van der Waals surface area contributed by atoms with E-state index in [0.29, 0.717) is 24.0 Å². The van der Waals surface area contributed by atoms with Crippen LogP contribution in [-0.4, -0.2) is 22.3 Å². The molecule has 26 heavy (non-hydrogen) atoms. The molecular formula is C20H22N4O2. The van der Waals surface area contributed by atoms with Crippen molar-refractivity contribution in [2.45, 2.75) is 26.2 Å². The van der Waals surface area contributed by atoms with Crippen LogP contribution in [0.15, 0.2) is 53.3 Å². The summed E-state index contributed by atoms with van der Waals surface area (Å²) in [5.74, 6) is 1.54. The van der Waals surface area contributed by atoms with Crippen molar-refractivity contribution in [3.63, 3.8) is 0 Å². The number of aromatic nitrogens is 3. The molecule has 0 aliphatic heterocycles. The van der Waals surface area contributed by atoms with Gasteiger partial charge in [-0.25, -0.2) is 0 Å². The summed E-state index contributed by atoms with van der Waals surface area (Å²) in [6.45, 7) is 4.31. The molecule has 0 atom stereocenters. The van der Waals surface area contributed by atoms with Gasteiger partial charge in [-0.3, -0.25) is 9.78 Å².